The average Bonchev–Trinajstić information content (AvgIpc) is 2.51. The van der Waals surface area contributed by atoms with Gasteiger partial charge in [0.05, 0.1) is 19.8 Å². The Balaban J connectivity index is 3.23. The van der Waals surface area contributed by atoms with Crippen LogP contribution in [0.25, 0.3) is 5.57 Å². The third kappa shape index (κ3) is 4.80. The molecule has 0 aromatic heterocycles. The summed E-state index contributed by atoms with van der Waals surface area (Å²) < 4.78 is 9.60. The maximum atomic E-state index is 12.1. The van der Waals surface area contributed by atoms with Crippen molar-refractivity contribution in [1.29, 1.82) is 0 Å². The van der Waals surface area contributed by atoms with Gasteiger partial charge in [0, 0.05) is 30.8 Å². The predicted molar refractivity (Wildman–Crippen MR) is 87.5 cm³/mol. The Morgan fingerprint density at radius 3 is 2.36 bits per heavy atom. The predicted octanol–water partition coefficient (Wildman–Crippen LogP) is 2.42. The number of benzene rings is 1. The van der Waals surface area contributed by atoms with Crippen molar-refractivity contribution in [3.8, 4) is 0 Å². The lowest BCUT2D eigenvalue weighted by Gasteiger charge is -2.16. The molecule has 0 heterocycles. The number of rotatable bonds is 6. The zero-order valence-corrected chi connectivity index (χ0v) is 14.3. The van der Waals surface area contributed by atoms with Gasteiger partial charge in [0.25, 0.3) is 0 Å². The molecule has 0 spiro atoms. The number of carbonyl (C=O) groups excluding carboxylic acids is 2. The zero-order valence-electron chi connectivity index (χ0n) is 13.5. The molecule has 0 aliphatic rings. The van der Waals surface area contributed by atoms with Crippen LogP contribution in [0.5, 0.6) is 0 Å². The Hall–Kier alpha value is -1.95. The standard InChI is InChI=1S/C16H21NO4S/c1-11(15(18)20-4)22-14-9-7-6-8-12(14)13(10-17(2)3)16(19)21-5/h6-11H,1-5H3/b13-10+. The molecule has 0 N–H and O–H groups in total. The number of esters is 2. The fourth-order valence-electron chi connectivity index (χ4n) is 1.80. The summed E-state index contributed by atoms with van der Waals surface area (Å²) >= 11 is 1.34. The van der Waals surface area contributed by atoms with E-state index in [1.807, 2.05) is 38.4 Å². The monoisotopic (exact) mass is 323 g/mol. The SMILES string of the molecule is COC(=O)/C(=C/N(C)C)c1ccccc1SC(C)C(=O)OC. The molecule has 0 aliphatic heterocycles. The Labute approximate surface area is 135 Å². The first-order valence-electron chi connectivity index (χ1n) is 6.71. The van der Waals surface area contributed by atoms with Crippen molar-refractivity contribution in [3.05, 3.63) is 36.0 Å². The van der Waals surface area contributed by atoms with Crippen LogP contribution in [0.4, 0.5) is 0 Å². The van der Waals surface area contributed by atoms with Gasteiger partial charge in [-0.3, -0.25) is 4.79 Å². The first-order chi connectivity index (χ1) is 10.4. The van der Waals surface area contributed by atoms with Crippen LogP contribution >= 0.6 is 11.8 Å². The van der Waals surface area contributed by atoms with Crippen molar-refractivity contribution in [1.82, 2.24) is 4.90 Å². The van der Waals surface area contributed by atoms with Gasteiger partial charge in [-0.2, -0.15) is 0 Å². The number of methoxy groups -OCH3 is 2. The number of hydrogen-bond acceptors (Lipinski definition) is 6. The summed E-state index contributed by atoms with van der Waals surface area (Å²) in [4.78, 5) is 26.3. The number of ether oxygens (including phenoxy) is 2. The van der Waals surface area contributed by atoms with Gasteiger partial charge in [0.1, 0.15) is 5.25 Å². The van der Waals surface area contributed by atoms with E-state index in [-0.39, 0.29) is 11.2 Å². The molecule has 0 radical (unpaired) electrons. The average molecular weight is 323 g/mol. The third-order valence-corrected chi connectivity index (χ3v) is 3.96. The summed E-state index contributed by atoms with van der Waals surface area (Å²) in [6.07, 6.45) is 1.70. The van der Waals surface area contributed by atoms with Crippen LogP contribution in [0, 0.1) is 0 Å². The molecular formula is C16H21NO4S. The molecule has 22 heavy (non-hydrogen) atoms. The van der Waals surface area contributed by atoms with Gasteiger partial charge in [0.2, 0.25) is 0 Å². The summed E-state index contributed by atoms with van der Waals surface area (Å²) in [5.41, 5.74) is 1.16. The number of hydrogen-bond donors (Lipinski definition) is 0. The molecule has 0 amide bonds. The van der Waals surface area contributed by atoms with Crippen LogP contribution < -0.4 is 0 Å². The van der Waals surface area contributed by atoms with Crippen molar-refractivity contribution in [2.24, 2.45) is 0 Å². The molecule has 0 saturated heterocycles. The minimum absolute atomic E-state index is 0.309. The highest BCUT2D eigenvalue weighted by atomic mass is 32.2. The quantitative estimate of drug-likeness (QED) is 0.455. The van der Waals surface area contributed by atoms with Crippen molar-refractivity contribution in [2.75, 3.05) is 28.3 Å². The van der Waals surface area contributed by atoms with Crippen molar-refractivity contribution in [2.45, 2.75) is 17.1 Å². The van der Waals surface area contributed by atoms with Crippen LogP contribution in [-0.2, 0) is 19.1 Å². The zero-order chi connectivity index (χ0) is 16.7. The van der Waals surface area contributed by atoms with E-state index in [4.69, 9.17) is 9.47 Å². The molecule has 1 aromatic rings. The second kappa shape index (κ2) is 8.48. The van der Waals surface area contributed by atoms with Gasteiger partial charge in [0.15, 0.2) is 0 Å². The topological polar surface area (TPSA) is 55.8 Å². The number of carbonyl (C=O) groups is 2. The van der Waals surface area contributed by atoms with Crippen molar-refractivity contribution in [3.63, 3.8) is 0 Å². The first-order valence-corrected chi connectivity index (χ1v) is 7.59. The highest BCUT2D eigenvalue weighted by molar-refractivity contribution is 8.00. The Morgan fingerprint density at radius 2 is 1.82 bits per heavy atom. The van der Waals surface area contributed by atoms with Gasteiger partial charge < -0.3 is 14.4 Å². The summed E-state index contributed by atoms with van der Waals surface area (Å²) in [5, 5.41) is -0.371. The summed E-state index contributed by atoms with van der Waals surface area (Å²) in [5.74, 6) is -0.733. The largest absolute Gasteiger partial charge is 0.468 e. The second-order valence-electron chi connectivity index (χ2n) is 4.78. The van der Waals surface area contributed by atoms with Gasteiger partial charge >= 0.3 is 11.9 Å². The van der Waals surface area contributed by atoms with E-state index >= 15 is 0 Å². The fourth-order valence-corrected chi connectivity index (χ4v) is 2.83. The van der Waals surface area contributed by atoms with Gasteiger partial charge in [-0.1, -0.05) is 18.2 Å². The maximum Gasteiger partial charge on any atom is 0.339 e. The molecule has 6 heteroatoms. The molecular weight excluding hydrogens is 302 g/mol. The second-order valence-corrected chi connectivity index (χ2v) is 6.16. The normalized spacial score (nSPS) is 12.5. The summed E-state index contributed by atoms with van der Waals surface area (Å²) in [7, 11) is 6.36. The summed E-state index contributed by atoms with van der Waals surface area (Å²) in [6.45, 7) is 1.76. The lowest BCUT2D eigenvalue weighted by molar-refractivity contribution is -0.139. The van der Waals surface area contributed by atoms with E-state index in [2.05, 4.69) is 0 Å². The Morgan fingerprint density at radius 1 is 1.18 bits per heavy atom. The number of nitrogens with zero attached hydrogens (tertiary/aromatic N) is 1. The maximum absolute atomic E-state index is 12.1. The third-order valence-electron chi connectivity index (χ3n) is 2.81. The van der Waals surface area contributed by atoms with Crippen molar-refractivity contribution >= 4 is 29.3 Å². The smallest absolute Gasteiger partial charge is 0.339 e. The molecule has 1 rings (SSSR count). The fraction of sp³-hybridized carbons (Fsp3) is 0.375. The van der Waals surface area contributed by atoms with E-state index < -0.39 is 5.97 Å². The highest BCUT2D eigenvalue weighted by Gasteiger charge is 2.21. The molecule has 1 atom stereocenters. The number of thioether (sulfide) groups is 1. The van der Waals surface area contributed by atoms with Gasteiger partial charge in [-0.15, -0.1) is 11.8 Å². The van der Waals surface area contributed by atoms with E-state index in [9.17, 15) is 9.59 Å². The minimum Gasteiger partial charge on any atom is -0.468 e. The Bertz CT molecular complexity index is 569. The first kappa shape index (κ1) is 18.1. The van der Waals surface area contributed by atoms with Crippen LogP contribution in [-0.4, -0.2) is 50.4 Å². The molecule has 0 saturated carbocycles. The van der Waals surface area contributed by atoms with E-state index in [1.54, 1.807) is 18.0 Å². The lowest BCUT2D eigenvalue weighted by Crippen LogP contribution is -2.15. The minimum atomic E-state index is -0.424. The molecule has 1 unspecified atom stereocenters. The van der Waals surface area contributed by atoms with E-state index in [0.717, 1.165) is 10.5 Å². The lowest BCUT2D eigenvalue weighted by atomic mass is 10.1. The molecule has 0 fully saturated rings. The van der Waals surface area contributed by atoms with E-state index in [1.165, 1.54) is 26.0 Å². The molecule has 0 aliphatic carbocycles. The van der Waals surface area contributed by atoms with Crippen molar-refractivity contribution < 1.29 is 19.1 Å². The molecule has 1 aromatic carbocycles. The molecule has 5 nitrogen and oxygen atoms in total. The van der Waals surface area contributed by atoms with Gasteiger partial charge in [-0.05, 0) is 13.0 Å². The highest BCUT2D eigenvalue weighted by Crippen LogP contribution is 2.32. The van der Waals surface area contributed by atoms with Crippen LogP contribution in [0.2, 0.25) is 0 Å². The summed E-state index contributed by atoms with van der Waals surface area (Å²) in [6, 6.07) is 7.40. The van der Waals surface area contributed by atoms with Gasteiger partial charge in [-0.25, -0.2) is 4.79 Å². The van der Waals surface area contributed by atoms with E-state index in [0.29, 0.717) is 5.57 Å². The Kier molecular flexibility index (Phi) is 6.98. The molecule has 0 bridgehead atoms. The van der Waals surface area contributed by atoms with Crippen LogP contribution in [0.1, 0.15) is 12.5 Å². The van der Waals surface area contributed by atoms with Crippen LogP contribution in [0.3, 0.4) is 0 Å². The molecule has 120 valence electrons. The van der Waals surface area contributed by atoms with Crippen LogP contribution in [0.15, 0.2) is 35.4 Å².